The molecule has 30 heavy (non-hydrogen) atoms. The van der Waals surface area contributed by atoms with Gasteiger partial charge in [0.2, 0.25) is 0 Å². The van der Waals surface area contributed by atoms with E-state index < -0.39 is 0 Å². The van der Waals surface area contributed by atoms with E-state index in [0.29, 0.717) is 47.3 Å². The van der Waals surface area contributed by atoms with Gasteiger partial charge in [-0.05, 0) is 37.1 Å². The number of carbonyl (C=O) groups excluding carboxylic acids is 2. The van der Waals surface area contributed by atoms with E-state index in [2.05, 4.69) is 10.3 Å². The summed E-state index contributed by atoms with van der Waals surface area (Å²) in [6, 6.07) is 8.31. The predicted molar refractivity (Wildman–Crippen MR) is 113 cm³/mol. The molecule has 0 saturated carbocycles. The lowest BCUT2D eigenvalue weighted by Crippen LogP contribution is -2.46. The van der Waals surface area contributed by atoms with Gasteiger partial charge in [-0.1, -0.05) is 6.07 Å². The summed E-state index contributed by atoms with van der Waals surface area (Å²) in [4.78, 5) is 31.8. The number of rotatable bonds is 5. The lowest BCUT2D eigenvalue weighted by atomic mass is 10.0. The number of halogens is 1. The minimum atomic E-state index is -0.341. The number of carbonyl (C=O) groups is 2. The Labute approximate surface area is 177 Å². The van der Waals surface area contributed by atoms with Crippen LogP contribution in [0.3, 0.4) is 0 Å². The Balaban J connectivity index is 1.45. The maximum absolute atomic E-state index is 14.4. The van der Waals surface area contributed by atoms with Gasteiger partial charge in [-0.15, -0.1) is 11.3 Å². The van der Waals surface area contributed by atoms with Crippen LogP contribution in [0.1, 0.15) is 38.4 Å². The highest BCUT2D eigenvalue weighted by atomic mass is 32.1. The topological polar surface area (TPSA) is 71.5 Å². The third-order valence-electron chi connectivity index (χ3n) is 5.29. The van der Waals surface area contributed by atoms with E-state index in [1.54, 1.807) is 29.3 Å². The van der Waals surface area contributed by atoms with Gasteiger partial charge >= 0.3 is 0 Å². The van der Waals surface area contributed by atoms with Gasteiger partial charge in [0.25, 0.3) is 11.8 Å². The monoisotopic (exact) mass is 427 g/mol. The van der Waals surface area contributed by atoms with Crippen molar-refractivity contribution >= 4 is 33.2 Å². The molecule has 2 aromatic heterocycles. The van der Waals surface area contributed by atoms with E-state index in [4.69, 9.17) is 4.74 Å². The summed E-state index contributed by atoms with van der Waals surface area (Å²) in [5.41, 5.74) is 1.13. The average Bonchev–Trinajstić information content (AvgIpc) is 3.14. The summed E-state index contributed by atoms with van der Waals surface area (Å²) >= 11 is 1.30. The molecular weight excluding hydrogens is 405 g/mol. The van der Waals surface area contributed by atoms with Crippen molar-refractivity contribution < 1.29 is 18.7 Å². The standard InChI is InChI=1S/C22H22FN3O3S/c1-29-13-16-19-17(23)5-2-6-18(19)30-20(16)22(28)26-10-7-15(8-11-26)25-21(27)14-4-3-9-24-12-14/h2-6,9,12,15H,7-8,10-11,13H2,1H3,(H,25,27). The minimum absolute atomic E-state index is 0.0000500. The molecule has 3 heterocycles. The molecule has 0 radical (unpaired) electrons. The summed E-state index contributed by atoms with van der Waals surface area (Å²) in [7, 11) is 1.54. The van der Waals surface area contributed by atoms with Crippen LogP contribution in [-0.4, -0.2) is 47.9 Å². The number of thiophene rings is 1. The van der Waals surface area contributed by atoms with Gasteiger partial charge in [-0.25, -0.2) is 4.39 Å². The van der Waals surface area contributed by atoms with Crippen LogP contribution in [0.4, 0.5) is 4.39 Å². The zero-order valence-electron chi connectivity index (χ0n) is 16.6. The number of ether oxygens (including phenoxy) is 1. The smallest absolute Gasteiger partial charge is 0.264 e. The predicted octanol–water partition coefficient (Wildman–Crippen LogP) is 3.62. The quantitative estimate of drug-likeness (QED) is 0.675. The molecule has 1 saturated heterocycles. The minimum Gasteiger partial charge on any atom is -0.380 e. The third-order valence-corrected chi connectivity index (χ3v) is 6.47. The second kappa shape index (κ2) is 8.89. The Morgan fingerprint density at radius 2 is 2.07 bits per heavy atom. The van der Waals surface area contributed by atoms with Crippen molar-refractivity contribution in [3.63, 3.8) is 0 Å². The highest BCUT2D eigenvalue weighted by Gasteiger charge is 2.28. The van der Waals surface area contributed by atoms with Gasteiger partial charge in [0.1, 0.15) is 5.82 Å². The third kappa shape index (κ3) is 4.06. The van der Waals surface area contributed by atoms with E-state index in [1.807, 2.05) is 6.07 Å². The molecule has 1 aliphatic heterocycles. The average molecular weight is 428 g/mol. The molecular formula is C22H22FN3O3S. The van der Waals surface area contributed by atoms with Gasteiger partial charge in [-0.2, -0.15) is 0 Å². The van der Waals surface area contributed by atoms with Crippen molar-refractivity contribution in [2.75, 3.05) is 20.2 Å². The van der Waals surface area contributed by atoms with E-state index in [1.165, 1.54) is 30.7 Å². The highest BCUT2D eigenvalue weighted by Crippen LogP contribution is 2.35. The maximum Gasteiger partial charge on any atom is 0.264 e. The number of aromatic nitrogens is 1. The first kappa shape index (κ1) is 20.4. The van der Waals surface area contributed by atoms with Crippen LogP contribution >= 0.6 is 11.3 Å². The van der Waals surface area contributed by atoms with Crippen LogP contribution in [0.25, 0.3) is 10.1 Å². The lowest BCUT2D eigenvalue weighted by molar-refractivity contribution is 0.0699. The number of hydrogen-bond acceptors (Lipinski definition) is 5. The number of methoxy groups -OCH3 is 1. The molecule has 0 spiro atoms. The largest absolute Gasteiger partial charge is 0.380 e. The molecule has 2 amide bonds. The van der Waals surface area contributed by atoms with Crippen LogP contribution in [-0.2, 0) is 11.3 Å². The van der Waals surface area contributed by atoms with Crippen LogP contribution in [0.2, 0.25) is 0 Å². The van der Waals surface area contributed by atoms with Crippen LogP contribution in [0.15, 0.2) is 42.7 Å². The van der Waals surface area contributed by atoms with Crippen molar-refractivity contribution in [2.24, 2.45) is 0 Å². The number of pyridine rings is 1. The van der Waals surface area contributed by atoms with Gasteiger partial charge in [0.15, 0.2) is 0 Å². The molecule has 0 bridgehead atoms. The fraction of sp³-hybridized carbons (Fsp3) is 0.318. The van der Waals surface area contributed by atoms with Gasteiger partial charge < -0.3 is 15.0 Å². The molecule has 8 heteroatoms. The number of hydrogen-bond donors (Lipinski definition) is 1. The molecule has 1 aliphatic rings. The van der Waals surface area contributed by atoms with Crippen molar-refractivity contribution in [3.8, 4) is 0 Å². The van der Waals surface area contributed by atoms with E-state index >= 15 is 0 Å². The van der Waals surface area contributed by atoms with Gasteiger partial charge in [-0.3, -0.25) is 14.6 Å². The van der Waals surface area contributed by atoms with Crippen LogP contribution in [0, 0.1) is 5.82 Å². The number of nitrogens with zero attached hydrogens (tertiary/aromatic N) is 2. The van der Waals surface area contributed by atoms with E-state index in [-0.39, 0.29) is 30.3 Å². The first-order chi connectivity index (χ1) is 14.6. The fourth-order valence-corrected chi connectivity index (χ4v) is 4.95. The molecule has 6 nitrogen and oxygen atoms in total. The Bertz CT molecular complexity index is 1060. The molecule has 1 fully saturated rings. The number of piperidine rings is 1. The normalized spacial score (nSPS) is 14.8. The van der Waals surface area contributed by atoms with E-state index in [9.17, 15) is 14.0 Å². The molecule has 156 valence electrons. The lowest BCUT2D eigenvalue weighted by Gasteiger charge is -2.32. The summed E-state index contributed by atoms with van der Waals surface area (Å²) in [5, 5.41) is 3.48. The Morgan fingerprint density at radius 1 is 1.27 bits per heavy atom. The zero-order valence-corrected chi connectivity index (χ0v) is 17.4. The van der Waals surface area contributed by atoms with Crippen LogP contribution in [0.5, 0.6) is 0 Å². The van der Waals surface area contributed by atoms with Crippen LogP contribution < -0.4 is 5.32 Å². The second-order valence-electron chi connectivity index (χ2n) is 7.24. The van der Waals surface area contributed by atoms with Crippen molar-refractivity contribution in [1.82, 2.24) is 15.2 Å². The summed E-state index contributed by atoms with van der Waals surface area (Å²) < 4.78 is 20.4. The van der Waals surface area contributed by atoms with Crippen molar-refractivity contribution in [2.45, 2.75) is 25.5 Å². The molecule has 1 N–H and O–H groups in total. The maximum atomic E-state index is 14.4. The number of nitrogens with one attached hydrogen (secondary N) is 1. The van der Waals surface area contributed by atoms with Gasteiger partial charge in [0.05, 0.1) is 17.0 Å². The molecule has 3 aromatic rings. The molecule has 0 aliphatic carbocycles. The van der Waals surface area contributed by atoms with Gasteiger partial charge in [0, 0.05) is 54.3 Å². The zero-order chi connectivity index (χ0) is 21.1. The summed E-state index contributed by atoms with van der Waals surface area (Å²) in [6.07, 6.45) is 4.48. The molecule has 0 atom stereocenters. The Kier molecular flexibility index (Phi) is 6.06. The van der Waals surface area contributed by atoms with Crippen molar-refractivity contribution in [3.05, 3.63) is 64.5 Å². The summed E-state index contributed by atoms with van der Waals surface area (Å²) in [6.45, 7) is 1.24. The SMILES string of the molecule is COCc1c(C(=O)N2CCC(NC(=O)c3cccnc3)CC2)sc2cccc(F)c12. The number of fused-ring (bicyclic) bond motifs is 1. The molecule has 0 unspecified atom stereocenters. The highest BCUT2D eigenvalue weighted by molar-refractivity contribution is 7.21. The molecule has 1 aromatic carbocycles. The number of likely N-dealkylation sites (tertiary alicyclic amines) is 1. The number of benzene rings is 1. The number of amides is 2. The Morgan fingerprint density at radius 3 is 2.77 bits per heavy atom. The van der Waals surface area contributed by atoms with E-state index in [0.717, 1.165) is 4.70 Å². The molecule has 4 rings (SSSR count). The van der Waals surface area contributed by atoms with Crippen molar-refractivity contribution in [1.29, 1.82) is 0 Å². The fourth-order valence-electron chi connectivity index (χ4n) is 3.76. The first-order valence-electron chi connectivity index (χ1n) is 9.77. The first-order valence-corrected chi connectivity index (χ1v) is 10.6. The summed E-state index contributed by atoms with van der Waals surface area (Å²) in [5.74, 6) is -0.610. The Hall–Kier alpha value is -2.84. The second-order valence-corrected chi connectivity index (χ2v) is 8.29.